The predicted molar refractivity (Wildman–Crippen MR) is 46.4 cm³/mol. The standard InChI is InChI=1S/C9H16N2O/c10-5-7(11)8(12)4-9-1-6(2-9)3-9/h6-7H,1-5,10-11H2/t6?,7-,9?/m1/s1. The van der Waals surface area contributed by atoms with Crippen LogP contribution in [0.3, 0.4) is 0 Å². The Bertz CT molecular complexity index is 198. The van der Waals surface area contributed by atoms with E-state index in [-0.39, 0.29) is 5.78 Å². The van der Waals surface area contributed by atoms with Gasteiger partial charge >= 0.3 is 0 Å². The first kappa shape index (κ1) is 8.20. The summed E-state index contributed by atoms with van der Waals surface area (Å²) in [6.45, 7) is 0.290. The molecule has 0 saturated heterocycles. The molecule has 0 radical (unpaired) electrons. The van der Waals surface area contributed by atoms with Crippen LogP contribution in [0.4, 0.5) is 0 Å². The zero-order chi connectivity index (χ0) is 8.77. The highest BCUT2D eigenvalue weighted by Crippen LogP contribution is 2.66. The van der Waals surface area contributed by atoms with Gasteiger partial charge in [-0.3, -0.25) is 4.79 Å². The van der Waals surface area contributed by atoms with E-state index in [1.54, 1.807) is 0 Å². The van der Waals surface area contributed by atoms with Crippen LogP contribution in [0.25, 0.3) is 0 Å². The first-order chi connectivity index (χ1) is 5.65. The number of carbonyl (C=O) groups is 1. The van der Waals surface area contributed by atoms with Gasteiger partial charge in [-0.15, -0.1) is 0 Å². The maximum absolute atomic E-state index is 11.4. The third-order valence-corrected chi connectivity index (χ3v) is 3.38. The molecule has 3 fully saturated rings. The number of carbonyl (C=O) groups excluding carboxylic acids is 1. The molecule has 0 amide bonds. The van der Waals surface area contributed by atoms with Gasteiger partial charge in [-0.05, 0) is 30.6 Å². The Morgan fingerprint density at radius 1 is 1.50 bits per heavy atom. The molecular formula is C9H16N2O. The van der Waals surface area contributed by atoms with Gasteiger partial charge in [0.1, 0.15) is 0 Å². The lowest BCUT2D eigenvalue weighted by Crippen LogP contribution is -2.54. The van der Waals surface area contributed by atoms with Crippen molar-refractivity contribution >= 4 is 5.78 Å². The van der Waals surface area contributed by atoms with Crippen molar-refractivity contribution in [3.8, 4) is 0 Å². The van der Waals surface area contributed by atoms with Gasteiger partial charge in [-0.25, -0.2) is 0 Å². The lowest BCUT2D eigenvalue weighted by atomic mass is 9.43. The summed E-state index contributed by atoms with van der Waals surface area (Å²) in [5.74, 6) is 1.10. The molecule has 0 unspecified atom stereocenters. The summed E-state index contributed by atoms with van der Waals surface area (Å²) < 4.78 is 0. The van der Waals surface area contributed by atoms with Gasteiger partial charge < -0.3 is 11.5 Å². The third kappa shape index (κ3) is 1.08. The molecule has 4 N–H and O–H groups in total. The Hall–Kier alpha value is -0.410. The summed E-state index contributed by atoms with van der Waals surface area (Å²) in [5, 5.41) is 0. The van der Waals surface area contributed by atoms with Crippen molar-refractivity contribution in [2.45, 2.75) is 31.7 Å². The van der Waals surface area contributed by atoms with Crippen molar-refractivity contribution in [2.75, 3.05) is 6.54 Å². The minimum absolute atomic E-state index is 0.163. The van der Waals surface area contributed by atoms with E-state index in [2.05, 4.69) is 0 Å². The number of hydrogen-bond donors (Lipinski definition) is 2. The molecule has 0 aliphatic heterocycles. The number of nitrogens with two attached hydrogens (primary N) is 2. The van der Waals surface area contributed by atoms with E-state index < -0.39 is 6.04 Å². The van der Waals surface area contributed by atoms with Crippen LogP contribution in [0.2, 0.25) is 0 Å². The molecule has 3 rings (SSSR count). The van der Waals surface area contributed by atoms with Crippen LogP contribution < -0.4 is 11.5 Å². The minimum Gasteiger partial charge on any atom is -0.328 e. The van der Waals surface area contributed by atoms with Crippen molar-refractivity contribution in [3.05, 3.63) is 0 Å². The molecule has 1 atom stereocenters. The fraction of sp³-hybridized carbons (Fsp3) is 0.889. The summed E-state index contributed by atoms with van der Waals surface area (Å²) in [6, 6.07) is -0.418. The fourth-order valence-electron chi connectivity index (χ4n) is 2.51. The Kier molecular flexibility index (Phi) is 1.73. The molecule has 3 aliphatic carbocycles. The average Bonchev–Trinajstić information content (AvgIpc) is 1.92. The topological polar surface area (TPSA) is 69.1 Å². The van der Waals surface area contributed by atoms with Crippen LogP contribution in [0.1, 0.15) is 25.7 Å². The molecular weight excluding hydrogens is 152 g/mol. The molecule has 3 heteroatoms. The summed E-state index contributed by atoms with van der Waals surface area (Å²) in [4.78, 5) is 11.4. The molecule has 68 valence electrons. The Morgan fingerprint density at radius 3 is 2.42 bits per heavy atom. The molecule has 3 nitrogen and oxygen atoms in total. The van der Waals surface area contributed by atoms with E-state index in [1.807, 2.05) is 0 Å². The molecule has 0 spiro atoms. The van der Waals surface area contributed by atoms with Crippen LogP contribution in [0.15, 0.2) is 0 Å². The van der Waals surface area contributed by atoms with E-state index in [1.165, 1.54) is 19.3 Å². The third-order valence-electron chi connectivity index (χ3n) is 3.38. The second-order valence-corrected chi connectivity index (χ2v) is 4.46. The number of ketones is 1. The zero-order valence-corrected chi connectivity index (χ0v) is 7.25. The van der Waals surface area contributed by atoms with E-state index in [4.69, 9.17) is 11.5 Å². The number of Topliss-reactive ketones (excluding diaryl/α,β-unsaturated/α-hetero) is 1. The highest BCUT2D eigenvalue weighted by atomic mass is 16.1. The van der Waals surface area contributed by atoms with Crippen molar-refractivity contribution in [3.63, 3.8) is 0 Å². The highest BCUT2D eigenvalue weighted by Gasteiger charge is 2.56. The molecule has 0 aromatic rings. The van der Waals surface area contributed by atoms with E-state index >= 15 is 0 Å². The minimum atomic E-state index is -0.418. The lowest BCUT2D eigenvalue weighted by molar-refractivity contribution is -0.143. The van der Waals surface area contributed by atoms with Crippen molar-refractivity contribution in [2.24, 2.45) is 22.8 Å². The summed E-state index contributed by atoms with van der Waals surface area (Å²) in [6.07, 6.45) is 4.46. The summed E-state index contributed by atoms with van der Waals surface area (Å²) in [7, 11) is 0. The number of rotatable bonds is 4. The normalized spacial score (nSPS) is 39.7. The first-order valence-corrected chi connectivity index (χ1v) is 4.64. The van der Waals surface area contributed by atoms with E-state index in [0.717, 1.165) is 5.92 Å². The van der Waals surface area contributed by atoms with E-state index in [0.29, 0.717) is 18.4 Å². The second-order valence-electron chi connectivity index (χ2n) is 4.46. The van der Waals surface area contributed by atoms with Crippen LogP contribution >= 0.6 is 0 Å². The van der Waals surface area contributed by atoms with Crippen LogP contribution in [-0.2, 0) is 4.79 Å². The lowest BCUT2D eigenvalue weighted by Gasteiger charge is -2.62. The summed E-state index contributed by atoms with van der Waals surface area (Å²) >= 11 is 0. The monoisotopic (exact) mass is 168 g/mol. The first-order valence-electron chi connectivity index (χ1n) is 4.64. The average molecular weight is 168 g/mol. The Labute approximate surface area is 72.5 Å². The smallest absolute Gasteiger partial charge is 0.151 e. The Balaban J connectivity index is 1.82. The fourth-order valence-corrected chi connectivity index (χ4v) is 2.51. The van der Waals surface area contributed by atoms with Crippen molar-refractivity contribution in [1.29, 1.82) is 0 Å². The van der Waals surface area contributed by atoms with Crippen LogP contribution in [0.5, 0.6) is 0 Å². The molecule has 2 bridgehead atoms. The molecule has 3 aliphatic rings. The van der Waals surface area contributed by atoms with Gasteiger partial charge in [-0.1, -0.05) is 0 Å². The Morgan fingerprint density at radius 2 is 2.08 bits per heavy atom. The van der Waals surface area contributed by atoms with Crippen molar-refractivity contribution < 1.29 is 4.79 Å². The quantitative estimate of drug-likeness (QED) is 0.622. The molecule has 0 aromatic carbocycles. The second kappa shape index (κ2) is 2.54. The number of hydrogen-bond acceptors (Lipinski definition) is 3. The van der Waals surface area contributed by atoms with E-state index in [9.17, 15) is 4.79 Å². The van der Waals surface area contributed by atoms with Crippen LogP contribution in [0, 0.1) is 11.3 Å². The van der Waals surface area contributed by atoms with Crippen LogP contribution in [-0.4, -0.2) is 18.4 Å². The van der Waals surface area contributed by atoms with Gasteiger partial charge in [0.25, 0.3) is 0 Å². The zero-order valence-electron chi connectivity index (χ0n) is 7.25. The highest BCUT2D eigenvalue weighted by molar-refractivity contribution is 5.85. The SMILES string of the molecule is NC[C@@H](N)C(=O)CC12CC(C1)C2. The maximum Gasteiger partial charge on any atom is 0.151 e. The molecule has 0 aromatic heterocycles. The molecule has 3 saturated carbocycles. The van der Waals surface area contributed by atoms with Gasteiger partial charge in [0.2, 0.25) is 0 Å². The molecule has 0 heterocycles. The largest absolute Gasteiger partial charge is 0.328 e. The van der Waals surface area contributed by atoms with Gasteiger partial charge in [-0.2, -0.15) is 0 Å². The van der Waals surface area contributed by atoms with Gasteiger partial charge in [0.15, 0.2) is 5.78 Å². The predicted octanol–water partition coefficient (Wildman–Crippen LogP) is 0.0317. The van der Waals surface area contributed by atoms with Crippen molar-refractivity contribution in [1.82, 2.24) is 0 Å². The molecule has 12 heavy (non-hydrogen) atoms. The van der Waals surface area contributed by atoms with Gasteiger partial charge in [0, 0.05) is 13.0 Å². The maximum atomic E-state index is 11.4. The summed E-state index contributed by atoms with van der Waals surface area (Å²) in [5.41, 5.74) is 11.2. The van der Waals surface area contributed by atoms with Gasteiger partial charge in [0.05, 0.1) is 6.04 Å².